The molecule has 1 heterocycles. The maximum atomic E-state index is 13.2. The number of ether oxygens (including phenoxy) is 1. The summed E-state index contributed by atoms with van der Waals surface area (Å²) in [5.74, 6) is -1.92. The zero-order valence-electron chi connectivity index (χ0n) is 10.9. The number of amides is 1. The van der Waals surface area contributed by atoms with Gasteiger partial charge in [-0.2, -0.15) is 0 Å². The maximum absolute atomic E-state index is 13.2. The SMILES string of the molecule is COC(=O)c1cc(F)ccc1NC(=O)c1ccncc1Cl. The van der Waals surface area contributed by atoms with Gasteiger partial charge in [0.25, 0.3) is 5.91 Å². The summed E-state index contributed by atoms with van der Waals surface area (Å²) in [7, 11) is 1.17. The molecule has 0 saturated carbocycles. The van der Waals surface area contributed by atoms with E-state index < -0.39 is 17.7 Å². The van der Waals surface area contributed by atoms with Crippen molar-refractivity contribution in [1.82, 2.24) is 4.98 Å². The maximum Gasteiger partial charge on any atom is 0.340 e. The van der Waals surface area contributed by atoms with Crippen molar-refractivity contribution in [3.8, 4) is 0 Å². The minimum Gasteiger partial charge on any atom is -0.465 e. The Morgan fingerprint density at radius 2 is 2.05 bits per heavy atom. The van der Waals surface area contributed by atoms with E-state index in [1.54, 1.807) is 0 Å². The summed E-state index contributed by atoms with van der Waals surface area (Å²) in [6.07, 6.45) is 2.73. The van der Waals surface area contributed by atoms with Crippen LogP contribution in [0.15, 0.2) is 36.7 Å². The van der Waals surface area contributed by atoms with Gasteiger partial charge in [-0.15, -0.1) is 0 Å². The predicted molar refractivity (Wildman–Crippen MR) is 74.9 cm³/mol. The second-order valence-electron chi connectivity index (χ2n) is 3.99. The zero-order valence-corrected chi connectivity index (χ0v) is 11.6. The lowest BCUT2D eigenvalue weighted by Crippen LogP contribution is -2.16. The largest absolute Gasteiger partial charge is 0.465 e. The van der Waals surface area contributed by atoms with Gasteiger partial charge in [0.2, 0.25) is 0 Å². The molecule has 0 spiro atoms. The molecule has 0 unspecified atom stereocenters. The first kappa shape index (κ1) is 14.9. The lowest BCUT2D eigenvalue weighted by Gasteiger charge is -2.10. The van der Waals surface area contributed by atoms with Gasteiger partial charge in [-0.05, 0) is 24.3 Å². The topological polar surface area (TPSA) is 68.3 Å². The zero-order chi connectivity index (χ0) is 15.4. The van der Waals surface area contributed by atoms with E-state index in [4.69, 9.17) is 11.6 Å². The van der Waals surface area contributed by atoms with E-state index in [0.717, 1.165) is 12.1 Å². The van der Waals surface area contributed by atoms with Gasteiger partial charge in [0.1, 0.15) is 5.82 Å². The van der Waals surface area contributed by atoms with Crippen molar-refractivity contribution >= 4 is 29.2 Å². The minimum absolute atomic E-state index is 0.0870. The molecule has 21 heavy (non-hydrogen) atoms. The molecule has 1 N–H and O–H groups in total. The van der Waals surface area contributed by atoms with Crippen LogP contribution in [0.25, 0.3) is 0 Å². The fraction of sp³-hybridized carbons (Fsp3) is 0.0714. The molecule has 1 amide bonds. The molecule has 0 bridgehead atoms. The van der Waals surface area contributed by atoms with Gasteiger partial charge in [-0.25, -0.2) is 9.18 Å². The molecule has 5 nitrogen and oxygen atoms in total. The number of esters is 1. The van der Waals surface area contributed by atoms with Crippen LogP contribution in [-0.2, 0) is 4.74 Å². The van der Waals surface area contributed by atoms with Crippen LogP contribution in [0.1, 0.15) is 20.7 Å². The summed E-state index contributed by atoms with van der Waals surface area (Å²) >= 11 is 5.87. The highest BCUT2D eigenvalue weighted by molar-refractivity contribution is 6.34. The highest BCUT2D eigenvalue weighted by Crippen LogP contribution is 2.21. The van der Waals surface area contributed by atoms with Crippen LogP contribution in [0.5, 0.6) is 0 Å². The van der Waals surface area contributed by atoms with Gasteiger partial charge in [-0.1, -0.05) is 11.6 Å². The molecular weight excluding hydrogens is 299 g/mol. The number of rotatable bonds is 3. The van der Waals surface area contributed by atoms with Gasteiger partial charge in [0.05, 0.1) is 28.9 Å². The molecule has 0 saturated heterocycles. The van der Waals surface area contributed by atoms with E-state index in [-0.39, 0.29) is 21.8 Å². The number of nitrogens with zero attached hydrogens (tertiary/aromatic N) is 1. The average Bonchev–Trinajstić information content (AvgIpc) is 2.48. The fourth-order valence-electron chi connectivity index (χ4n) is 1.65. The quantitative estimate of drug-likeness (QED) is 0.885. The summed E-state index contributed by atoms with van der Waals surface area (Å²) in [6.45, 7) is 0. The van der Waals surface area contributed by atoms with Crippen LogP contribution in [0.4, 0.5) is 10.1 Å². The number of hydrogen-bond acceptors (Lipinski definition) is 4. The number of carbonyl (C=O) groups is 2. The number of anilines is 1. The van der Waals surface area contributed by atoms with Crippen molar-refractivity contribution in [2.45, 2.75) is 0 Å². The van der Waals surface area contributed by atoms with Gasteiger partial charge in [0, 0.05) is 12.4 Å². The number of carbonyl (C=O) groups excluding carboxylic acids is 2. The van der Waals surface area contributed by atoms with E-state index in [0.29, 0.717) is 0 Å². The fourth-order valence-corrected chi connectivity index (χ4v) is 1.86. The Morgan fingerprint density at radius 1 is 1.29 bits per heavy atom. The minimum atomic E-state index is -0.759. The van der Waals surface area contributed by atoms with E-state index in [1.165, 1.54) is 31.6 Å². The summed E-state index contributed by atoms with van der Waals surface area (Å²) in [4.78, 5) is 27.5. The van der Waals surface area contributed by atoms with Crippen LogP contribution in [0.2, 0.25) is 5.02 Å². The summed E-state index contributed by atoms with van der Waals surface area (Å²) < 4.78 is 17.8. The highest BCUT2D eigenvalue weighted by atomic mass is 35.5. The van der Waals surface area contributed by atoms with Gasteiger partial charge in [0.15, 0.2) is 0 Å². The number of pyridine rings is 1. The summed E-state index contributed by atoms with van der Waals surface area (Å²) in [6, 6.07) is 4.80. The van der Waals surface area contributed by atoms with E-state index in [1.807, 2.05) is 0 Å². The Labute approximate surface area is 124 Å². The Morgan fingerprint density at radius 3 is 2.71 bits per heavy atom. The molecule has 2 rings (SSSR count). The van der Waals surface area contributed by atoms with Crippen molar-refractivity contribution in [3.63, 3.8) is 0 Å². The molecule has 108 valence electrons. The molecule has 1 aromatic heterocycles. The molecule has 7 heteroatoms. The Balaban J connectivity index is 2.34. The number of methoxy groups -OCH3 is 1. The van der Waals surface area contributed by atoms with Gasteiger partial charge < -0.3 is 10.1 Å². The van der Waals surface area contributed by atoms with Crippen molar-refractivity contribution in [3.05, 3.63) is 58.6 Å². The van der Waals surface area contributed by atoms with Crippen LogP contribution < -0.4 is 5.32 Å². The molecule has 0 fully saturated rings. The second kappa shape index (κ2) is 6.32. The number of nitrogens with one attached hydrogen (secondary N) is 1. The van der Waals surface area contributed by atoms with E-state index in [9.17, 15) is 14.0 Å². The van der Waals surface area contributed by atoms with Crippen LogP contribution in [0.3, 0.4) is 0 Å². The molecule has 0 atom stereocenters. The van der Waals surface area contributed by atoms with Crippen molar-refractivity contribution < 1.29 is 18.7 Å². The third-order valence-corrected chi connectivity index (χ3v) is 2.95. The molecule has 1 aromatic carbocycles. The molecule has 0 aliphatic heterocycles. The summed E-state index contributed by atoms with van der Waals surface area (Å²) in [5.41, 5.74) is 0.226. The van der Waals surface area contributed by atoms with E-state index in [2.05, 4.69) is 15.0 Å². The first-order valence-electron chi connectivity index (χ1n) is 5.81. The summed E-state index contributed by atoms with van der Waals surface area (Å²) in [5, 5.41) is 2.66. The standard InChI is InChI=1S/C14H10ClFN2O3/c1-21-14(20)10-6-8(16)2-3-12(10)18-13(19)9-4-5-17-7-11(9)15/h2-7H,1H3,(H,18,19). The Hall–Kier alpha value is -2.47. The average molecular weight is 309 g/mol. The number of hydrogen-bond donors (Lipinski definition) is 1. The van der Waals surface area contributed by atoms with Crippen LogP contribution in [0, 0.1) is 5.82 Å². The number of benzene rings is 1. The third kappa shape index (κ3) is 3.35. The molecule has 2 aromatic rings. The van der Waals surface area contributed by atoms with Gasteiger partial charge >= 0.3 is 5.97 Å². The van der Waals surface area contributed by atoms with Crippen molar-refractivity contribution in [1.29, 1.82) is 0 Å². The lowest BCUT2D eigenvalue weighted by molar-refractivity contribution is 0.0601. The van der Waals surface area contributed by atoms with Crippen LogP contribution >= 0.6 is 11.6 Å². The first-order chi connectivity index (χ1) is 10.0. The van der Waals surface area contributed by atoms with Gasteiger partial charge in [-0.3, -0.25) is 9.78 Å². The first-order valence-corrected chi connectivity index (χ1v) is 6.19. The van der Waals surface area contributed by atoms with Crippen LogP contribution in [-0.4, -0.2) is 24.0 Å². The second-order valence-corrected chi connectivity index (χ2v) is 4.40. The predicted octanol–water partition coefficient (Wildman–Crippen LogP) is 2.91. The molecule has 0 aliphatic rings. The Bertz CT molecular complexity index is 706. The molecular formula is C14H10ClFN2O3. The van der Waals surface area contributed by atoms with Crippen molar-refractivity contribution in [2.75, 3.05) is 12.4 Å². The normalized spacial score (nSPS) is 10.0. The lowest BCUT2D eigenvalue weighted by atomic mass is 10.1. The van der Waals surface area contributed by atoms with Crippen molar-refractivity contribution in [2.24, 2.45) is 0 Å². The monoisotopic (exact) mass is 308 g/mol. The van der Waals surface area contributed by atoms with E-state index >= 15 is 0 Å². The molecule has 0 radical (unpaired) electrons. The third-order valence-electron chi connectivity index (χ3n) is 2.65. The number of aromatic nitrogens is 1. The number of halogens is 2. The molecule has 0 aliphatic carbocycles. The highest BCUT2D eigenvalue weighted by Gasteiger charge is 2.17. The Kier molecular flexibility index (Phi) is 4.49. The smallest absolute Gasteiger partial charge is 0.340 e.